The van der Waals surface area contributed by atoms with E-state index in [1.54, 1.807) is 22.7 Å². The lowest BCUT2D eigenvalue weighted by atomic mass is 9.70. The zero-order valence-corrected chi connectivity index (χ0v) is 42.2. The number of hydrogen-bond acceptors (Lipinski definition) is 6. The van der Waals surface area contributed by atoms with Crippen LogP contribution in [0.15, 0.2) is 241 Å². The molecule has 0 amide bonds. The normalized spacial score (nSPS) is 13.1. The second-order valence-corrected chi connectivity index (χ2v) is 22.2. The highest BCUT2D eigenvalue weighted by Crippen LogP contribution is 2.64. The fraction of sp³-hybridized carbons (Fsp3) is 0.0143. The fourth-order valence-corrected chi connectivity index (χ4v) is 15.3. The van der Waals surface area contributed by atoms with Gasteiger partial charge in [-0.05, 0) is 109 Å². The first-order chi connectivity index (χ1) is 37.7. The minimum atomic E-state index is -0.388. The SMILES string of the molecule is c1ccc2c(c1)-c1ccccc1C21c2ccccc2-c2c(-c3ccc(-c4ccc5oc6cccc(-c7nc(-c8cccc9sc%10ccccc%10c89)nc(-c8cccc9sc%10ccccc%10c89)n7)c6c5c4)cc3)cccc21. The molecule has 0 N–H and O–H groups in total. The van der Waals surface area contributed by atoms with Gasteiger partial charge in [0.25, 0.3) is 0 Å². The van der Waals surface area contributed by atoms with Crippen LogP contribution < -0.4 is 0 Å². The molecule has 0 unspecified atom stereocenters. The Morgan fingerprint density at radius 3 is 1.34 bits per heavy atom. The summed E-state index contributed by atoms with van der Waals surface area (Å²) in [5, 5.41) is 6.69. The first kappa shape index (κ1) is 42.1. The third-order valence-corrected chi connectivity index (χ3v) is 18.5. The Morgan fingerprint density at radius 2 is 0.724 bits per heavy atom. The van der Waals surface area contributed by atoms with Crippen molar-refractivity contribution in [2.75, 3.05) is 0 Å². The first-order valence-corrected chi connectivity index (χ1v) is 27.4. The average molecular weight is 1000 g/mol. The summed E-state index contributed by atoms with van der Waals surface area (Å²) in [4.78, 5) is 16.3. The van der Waals surface area contributed by atoms with Crippen LogP contribution in [0.5, 0.6) is 0 Å². The Morgan fingerprint density at radius 1 is 0.289 bits per heavy atom. The second-order valence-electron chi connectivity index (χ2n) is 20.0. The third kappa shape index (κ3) is 5.80. The van der Waals surface area contributed by atoms with Crippen LogP contribution in [-0.2, 0) is 5.41 Å². The van der Waals surface area contributed by atoms with Gasteiger partial charge in [-0.2, -0.15) is 0 Å². The molecule has 2 aliphatic carbocycles. The van der Waals surface area contributed by atoms with Gasteiger partial charge in [-0.3, -0.25) is 0 Å². The summed E-state index contributed by atoms with van der Waals surface area (Å²) < 4.78 is 11.6. The zero-order chi connectivity index (χ0) is 49.6. The Kier molecular flexibility index (Phi) is 8.77. The molecule has 0 saturated heterocycles. The number of furan rings is 1. The molecular formula is C70H39N3OS2. The molecule has 0 bridgehead atoms. The molecule has 0 aliphatic heterocycles. The summed E-state index contributed by atoms with van der Waals surface area (Å²) in [5.41, 5.74) is 19.3. The van der Waals surface area contributed by atoms with E-state index < -0.39 is 0 Å². The lowest BCUT2D eigenvalue weighted by molar-refractivity contribution is 0.669. The van der Waals surface area contributed by atoms with Crippen LogP contribution in [0, 0.1) is 0 Å². The molecule has 4 aromatic heterocycles. The molecule has 0 atom stereocenters. The summed E-state index contributed by atoms with van der Waals surface area (Å²) in [5.74, 6) is 1.87. The predicted molar refractivity (Wildman–Crippen MR) is 316 cm³/mol. The number of thiophene rings is 2. The van der Waals surface area contributed by atoms with Gasteiger partial charge in [-0.15, -0.1) is 22.7 Å². The van der Waals surface area contributed by atoms with Gasteiger partial charge in [0.2, 0.25) is 0 Å². The van der Waals surface area contributed by atoms with Crippen LogP contribution in [0.2, 0.25) is 0 Å². The zero-order valence-electron chi connectivity index (χ0n) is 40.6. The maximum atomic E-state index is 6.69. The van der Waals surface area contributed by atoms with Crippen molar-refractivity contribution in [3.05, 3.63) is 259 Å². The van der Waals surface area contributed by atoms with Crippen LogP contribution in [-0.4, -0.2) is 15.0 Å². The fourth-order valence-electron chi connectivity index (χ4n) is 13.1. The molecule has 76 heavy (non-hydrogen) atoms. The van der Waals surface area contributed by atoms with E-state index in [1.807, 2.05) is 6.07 Å². The maximum Gasteiger partial charge on any atom is 0.164 e. The Balaban J connectivity index is 0.818. The van der Waals surface area contributed by atoms with Gasteiger partial charge in [-0.1, -0.05) is 194 Å². The Bertz CT molecular complexity index is 4790. The molecule has 0 fully saturated rings. The molecule has 4 nitrogen and oxygen atoms in total. The number of hydrogen-bond donors (Lipinski definition) is 0. The van der Waals surface area contributed by atoms with Gasteiger partial charge in [0.05, 0.1) is 5.41 Å². The van der Waals surface area contributed by atoms with E-state index in [1.165, 1.54) is 85.2 Å². The lowest BCUT2D eigenvalue weighted by Crippen LogP contribution is -2.25. The summed E-state index contributed by atoms with van der Waals surface area (Å²) in [7, 11) is 0. The van der Waals surface area contributed by atoms with Crippen LogP contribution in [0.3, 0.4) is 0 Å². The monoisotopic (exact) mass is 1000 g/mol. The molecule has 0 saturated carbocycles. The summed E-state index contributed by atoms with van der Waals surface area (Å²) in [6.45, 7) is 0. The van der Waals surface area contributed by atoms with Gasteiger partial charge in [0.1, 0.15) is 11.2 Å². The summed E-state index contributed by atoms with van der Waals surface area (Å²) >= 11 is 3.60. The van der Waals surface area contributed by atoms with E-state index in [2.05, 4.69) is 231 Å². The molecule has 2 aliphatic rings. The van der Waals surface area contributed by atoms with Gasteiger partial charge < -0.3 is 4.42 Å². The largest absolute Gasteiger partial charge is 0.456 e. The van der Waals surface area contributed by atoms with Gasteiger partial charge in [0.15, 0.2) is 17.5 Å². The number of nitrogens with zero attached hydrogens (tertiary/aromatic N) is 3. The summed E-state index contributed by atoms with van der Waals surface area (Å²) in [6.07, 6.45) is 0. The van der Waals surface area contributed by atoms with E-state index in [4.69, 9.17) is 19.4 Å². The minimum Gasteiger partial charge on any atom is -0.456 e. The van der Waals surface area contributed by atoms with Crippen LogP contribution >= 0.6 is 22.7 Å². The molecule has 352 valence electrons. The third-order valence-electron chi connectivity index (χ3n) is 16.2. The molecule has 11 aromatic carbocycles. The van der Waals surface area contributed by atoms with Gasteiger partial charge in [-0.25, -0.2) is 15.0 Å². The molecular weight excluding hydrogens is 963 g/mol. The van der Waals surface area contributed by atoms with Crippen molar-refractivity contribution in [1.82, 2.24) is 15.0 Å². The maximum absolute atomic E-state index is 6.69. The molecule has 15 aromatic rings. The van der Waals surface area contributed by atoms with E-state index in [0.29, 0.717) is 17.5 Å². The number of benzene rings is 11. The van der Waals surface area contributed by atoms with E-state index >= 15 is 0 Å². The number of aromatic nitrogens is 3. The second kappa shape index (κ2) is 15.8. The van der Waals surface area contributed by atoms with Gasteiger partial charge >= 0.3 is 0 Å². The van der Waals surface area contributed by atoms with E-state index in [9.17, 15) is 0 Å². The van der Waals surface area contributed by atoms with Crippen molar-refractivity contribution >= 4 is 85.0 Å². The molecule has 0 radical (unpaired) electrons. The average Bonchev–Trinajstić information content (AvgIpc) is 4.38. The highest BCUT2D eigenvalue weighted by Gasteiger charge is 2.52. The molecule has 1 spiro atoms. The first-order valence-electron chi connectivity index (χ1n) is 25.7. The van der Waals surface area contributed by atoms with Crippen LogP contribution in [0.4, 0.5) is 0 Å². The Hall–Kier alpha value is -9.33. The van der Waals surface area contributed by atoms with Crippen LogP contribution in [0.1, 0.15) is 22.3 Å². The van der Waals surface area contributed by atoms with Crippen molar-refractivity contribution in [3.63, 3.8) is 0 Å². The van der Waals surface area contributed by atoms with Crippen molar-refractivity contribution < 1.29 is 4.42 Å². The predicted octanol–water partition coefficient (Wildman–Crippen LogP) is 19.2. The number of rotatable bonds is 5. The minimum absolute atomic E-state index is 0.388. The highest BCUT2D eigenvalue weighted by molar-refractivity contribution is 7.26. The van der Waals surface area contributed by atoms with Crippen LogP contribution in [0.25, 0.3) is 141 Å². The Labute approximate surface area is 444 Å². The van der Waals surface area contributed by atoms with E-state index in [-0.39, 0.29) is 5.41 Å². The number of fused-ring (bicyclic) bond motifs is 19. The highest BCUT2D eigenvalue weighted by atomic mass is 32.1. The van der Waals surface area contributed by atoms with Crippen molar-refractivity contribution in [2.45, 2.75) is 5.41 Å². The topological polar surface area (TPSA) is 51.8 Å². The van der Waals surface area contributed by atoms with Crippen molar-refractivity contribution in [3.8, 4) is 78.7 Å². The smallest absolute Gasteiger partial charge is 0.164 e. The summed E-state index contributed by atoms with van der Waals surface area (Å²) in [6, 6.07) is 86.1. The standard InChI is InChI=1S/C70H39N3OS2/c1-6-24-53-44(15-1)45-16-2-7-25-54(45)70(53)55-26-8-3-17-46(55)63-43(20-11-27-56(63)70)41-35-33-40(34-36-41)42-37-38-57-52(39-42)64-49(21-12-28-58(64)74-57)67-71-68(50-22-13-31-61-65(50)47-18-4-9-29-59(47)75-61)73-69(72-67)51-23-14-32-62-66(51)48-19-5-10-30-60(48)76-62/h1-39H. The molecule has 4 heterocycles. The van der Waals surface area contributed by atoms with Crippen molar-refractivity contribution in [2.24, 2.45) is 0 Å². The molecule has 17 rings (SSSR count). The van der Waals surface area contributed by atoms with Gasteiger partial charge in [0, 0.05) is 67.8 Å². The van der Waals surface area contributed by atoms with Crippen molar-refractivity contribution in [1.29, 1.82) is 0 Å². The molecule has 6 heteroatoms. The lowest BCUT2D eigenvalue weighted by Gasteiger charge is -2.30. The quantitative estimate of drug-likeness (QED) is 0.172. The van der Waals surface area contributed by atoms with E-state index in [0.717, 1.165) is 60.5 Å².